The van der Waals surface area contributed by atoms with Gasteiger partial charge in [-0.2, -0.15) is 0 Å². The van der Waals surface area contributed by atoms with Crippen LogP contribution in [0.5, 0.6) is 0 Å². The van der Waals surface area contributed by atoms with Crippen LogP contribution in [0.2, 0.25) is 0 Å². The molecule has 3 nitrogen and oxygen atoms in total. The van der Waals surface area contributed by atoms with E-state index in [-0.39, 0.29) is 11.8 Å². The van der Waals surface area contributed by atoms with Crippen molar-refractivity contribution in [2.75, 3.05) is 7.05 Å². The molecule has 0 amide bonds. The first-order valence-electron chi connectivity index (χ1n) is 3.98. The zero-order valence-corrected chi connectivity index (χ0v) is 7.66. The molecule has 1 unspecified atom stereocenters. The minimum Gasteiger partial charge on any atom is -0.357 e. The second-order valence-electron chi connectivity index (χ2n) is 2.94. The molecule has 0 aromatic carbocycles. The summed E-state index contributed by atoms with van der Waals surface area (Å²) >= 11 is 0. The van der Waals surface area contributed by atoms with Crippen LogP contribution in [0.25, 0.3) is 0 Å². The SMILES string of the molecule is CNC(C)C(=O)c1ccn(C)c1. The van der Waals surface area contributed by atoms with Crippen molar-refractivity contribution in [2.45, 2.75) is 13.0 Å². The van der Waals surface area contributed by atoms with Crippen molar-refractivity contribution in [3.05, 3.63) is 24.0 Å². The fraction of sp³-hybridized carbons (Fsp3) is 0.444. The number of ketones is 1. The van der Waals surface area contributed by atoms with Gasteiger partial charge in [0.25, 0.3) is 0 Å². The van der Waals surface area contributed by atoms with E-state index in [4.69, 9.17) is 0 Å². The van der Waals surface area contributed by atoms with Crippen molar-refractivity contribution < 1.29 is 4.79 Å². The number of hydrogen-bond donors (Lipinski definition) is 1. The smallest absolute Gasteiger partial charge is 0.180 e. The largest absolute Gasteiger partial charge is 0.357 e. The highest BCUT2D eigenvalue weighted by Crippen LogP contribution is 2.03. The van der Waals surface area contributed by atoms with Crippen molar-refractivity contribution in [1.82, 2.24) is 9.88 Å². The Morgan fingerprint density at radius 2 is 2.33 bits per heavy atom. The molecule has 0 fully saturated rings. The molecule has 0 saturated carbocycles. The Morgan fingerprint density at radius 1 is 1.67 bits per heavy atom. The lowest BCUT2D eigenvalue weighted by Gasteiger charge is -2.06. The van der Waals surface area contributed by atoms with Gasteiger partial charge in [0.05, 0.1) is 6.04 Å². The Kier molecular flexibility index (Phi) is 2.65. The van der Waals surface area contributed by atoms with Gasteiger partial charge in [-0.3, -0.25) is 4.79 Å². The summed E-state index contributed by atoms with van der Waals surface area (Å²) in [5.41, 5.74) is 0.763. The topological polar surface area (TPSA) is 34.0 Å². The molecule has 3 heteroatoms. The molecule has 1 N–H and O–H groups in total. The fourth-order valence-electron chi connectivity index (χ4n) is 1.03. The molecule has 1 heterocycles. The Bertz CT molecular complexity index is 278. The molecule has 1 rings (SSSR count). The normalized spacial score (nSPS) is 12.9. The van der Waals surface area contributed by atoms with E-state index >= 15 is 0 Å². The van der Waals surface area contributed by atoms with Crippen molar-refractivity contribution in [3.8, 4) is 0 Å². The summed E-state index contributed by atoms with van der Waals surface area (Å²) < 4.78 is 1.87. The van der Waals surface area contributed by atoms with Gasteiger partial charge in [0.1, 0.15) is 0 Å². The summed E-state index contributed by atoms with van der Waals surface area (Å²) in [6.45, 7) is 1.86. The Labute approximate surface area is 72.4 Å². The highest BCUT2D eigenvalue weighted by Gasteiger charge is 2.12. The van der Waals surface area contributed by atoms with E-state index in [2.05, 4.69) is 5.32 Å². The fourth-order valence-corrected chi connectivity index (χ4v) is 1.03. The average Bonchev–Trinajstić information content (AvgIpc) is 2.49. The molecule has 66 valence electrons. The minimum atomic E-state index is -0.104. The quantitative estimate of drug-likeness (QED) is 0.674. The van der Waals surface area contributed by atoms with Crippen molar-refractivity contribution in [2.24, 2.45) is 7.05 Å². The van der Waals surface area contributed by atoms with E-state index in [1.165, 1.54) is 0 Å². The molecule has 12 heavy (non-hydrogen) atoms. The zero-order valence-electron chi connectivity index (χ0n) is 7.66. The molecule has 0 saturated heterocycles. The number of likely N-dealkylation sites (N-methyl/N-ethyl adjacent to an activating group) is 1. The predicted molar refractivity (Wildman–Crippen MR) is 48.3 cm³/mol. The monoisotopic (exact) mass is 166 g/mol. The molecule has 0 aliphatic carbocycles. The van der Waals surface area contributed by atoms with Crippen molar-refractivity contribution in [3.63, 3.8) is 0 Å². The first-order chi connectivity index (χ1) is 5.65. The number of hydrogen-bond acceptors (Lipinski definition) is 2. The van der Waals surface area contributed by atoms with Gasteiger partial charge in [0.2, 0.25) is 0 Å². The first-order valence-corrected chi connectivity index (χ1v) is 3.98. The molecule has 0 bridgehead atoms. The van der Waals surface area contributed by atoms with Gasteiger partial charge in [0, 0.05) is 25.0 Å². The predicted octanol–water partition coefficient (Wildman–Crippen LogP) is 0.816. The number of carbonyl (C=O) groups excluding carboxylic acids is 1. The number of rotatable bonds is 3. The summed E-state index contributed by atoms with van der Waals surface area (Å²) in [6, 6.07) is 1.73. The minimum absolute atomic E-state index is 0.104. The molecule has 0 aliphatic rings. The summed E-state index contributed by atoms with van der Waals surface area (Å²) in [4.78, 5) is 11.5. The molecule has 0 radical (unpaired) electrons. The van der Waals surface area contributed by atoms with Crippen LogP contribution in [0.4, 0.5) is 0 Å². The van der Waals surface area contributed by atoms with Crippen LogP contribution in [-0.4, -0.2) is 23.4 Å². The van der Waals surface area contributed by atoms with E-state index in [9.17, 15) is 4.79 Å². The van der Waals surface area contributed by atoms with Crippen LogP contribution in [0.3, 0.4) is 0 Å². The number of nitrogens with zero attached hydrogens (tertiary/aromatic N) is 1. The molecule has 1 aromatic rings. The number of Topliss-reactive ketones (excluding diaryl/α,β-unsaturated/α-hetero) is 1. The van der Waals surface area contributed by atoms with E-state index in [1.807, 2.05) is 37.0 Å². The summed E-state index contributed by atoms with van der Waals surface area (Å²) in [5, 5.41) is 2.91. The van der Waals surface area contributed by atoms with Gasteiger partial charge in [-0.1, -0.05) is 0 Å². The molecule has 1 atom stereocenters. The highest BCUT2D eigenvalue weighted by molar-refractivity contribution is 5.99. The van der Waals surface area contributed by atoms with Crippen LogP contribution in [0, 0.1) is 0 Å². The lowest BCUT2D eigenvalue weighted by Crippen LogP contribution is -2.30. The Morgan fingerprint density at radius 3 is 2.75 bits per heavy atom. The maximum Gasteiger partial charge on any atom is 0.180 e. The number of nitrogens with one attached hydrogen (secondary N) is 1. The van der Waals surface area contributed by atoms with Crippen molar-refractivity contribution >= 4 is 5.78 Å². The molecular weight excluding hydrogens is 152 g/mol. The second-order valence-corrected chi connectivity index (χ2v) is 2.94. The molecule has 0 aliphatic heterocycles. The Hall–Kier alpha value is -1.09. The lowest BCUT2D eigenvalue weighted by atomic mass is 10.1. The number of aromatic nitrogens is 1. The maximum atomic E-state index is 11.5. The van der Waals surface area contributed by atoms with Crippen molar-refractivity contribution in [1.29, 1.82) is 0 Å². The van der Waals surface area contributed by atoms with Crippen LogP contribution in [0.1, 0.15) is 17.3 Å². The van der Waals surface area contributed by atoms with E-state index in [1.54, 1.807) is 7.05 Å². The van der Waals surface area contributed by atoms with Gasteiger partial charge in [0.15, 0.2) is 5.78 Å². The van der Waals surface area contributed by atoms with Gasteiger partial charge in [-0.05, 0) is 20.0 Å². The zero-order chi connectivity index (χ0) is 9.14. The van der Waals surface area contributed by atoms with Crippen LogP contribution >= 0.6 is 0 Å². The highest BCUT2D eigenvalue weighted by atomic mass is 16.1. The molecule has 1 aromatic heterocycles. The van der Waals surface area contributed by atoms with Crippen LogP contribution in [0.15, 0.2) is 18.5 Å². The number of aryl methyl sites for hydroxylation is 1. The maximum absolute atomic E-state index is 11.5. The third kappa shape index (κ3) is 1.74. The summed E-state index contributed by atoms with van der Waals surface area (Å²) in [6.07, 6.45) is 3.70. The molecule has 0 spiro atoms. The third-order valence-electron chi connectivity index (χ3n) is 1.94. The van der Waals surface area contributed by atoms with Gasteiger partial charge in [-0.25, -0.2) is 0 Å². The van der Waals surface area contributed by atoms with Gasteiger partial charge >= 0.3 is 0 Å². The standard InChI is InChI=1S/C9H14N2O/c1-7(10-2)9(12)8-4-5-11(3)6-8/h4-7,10H,1-3H3. The van der Waals surface area contributed by atoms with Crippen LogP contribution < -0.4 is 5.32 Å². The van der Waals surface area contributed by atoms with Gasteiger partial charge in [-0.15, -0.1) is 0 Å². The van der Waals surface area contributed by atoms with Gasteiger partial charge < -0.3 is 9.88 Å². The summed E-state index contributed by atoms with van der Waals surface area (Å²) in [7, 11) is 3.69. The van der Waals surface area contributed by atoms with E-state index in [0.717, 1.165) is 5.56 Å². The Balaban J connectivity index is 2.78. The lowest BCUT2D eigenvalue weighted by molar-refractivity contribution is 0.0955. The number of carbonyl (C=O) groups is 1. The third-order valence-corrected chi connectivity index (χ3v) is 1.94. The average molecular weight is 166 g/mol. The van der Waals surface area contributed by atoms with Crippen LogP contribution in [-0.2, 0) is 7.05 Å². The van der Waals surface area contributed by atoms with E-state index in [0.29, 0.717) is 0 Å². The second kappa shape index (κ2) is 3.54. The first kappa shape index (κ1) is 9.00. The summed E-state index contributed by atoms with van der Waals surface area (Å²) in [5.74, 6) is 0.137. The van der Waals surface area contributed by atoms with E-state index < -0.39 is 0 Å². The molecular formula is C9H14N2O.